The zero-order valence-electron chi connectivity index (χ0n) is 9.93. The fourth-order valence-corrected chi connectivity index (χ4v) is 2.17. The van der Waals surface area contributed by atoms with Crippen LogP contribution in [0.2, 0.25) is 0 Å². The van der Waals surface area contributed by atoms with E-state index in [0.717, 1.165) is 9.88 Å². The van der Waals surface area contributed by atoms with E-state index in [1.165, 1.54) is 0 Å². The summed E-state index contributed by atoms with van der Waals surface area (Å²) in [6.45, 7) is 4.24. The smallest absolute Gasteiger partial charge is 0.222 e. The van der Waals surface area contributed by atoms with Crippen LogP contribution in [0.5, 0.6) is 0 Å². The lowest BCUT2D eigenvalue weighted by Gasteiger charge is -2.16. The molecule has 1 unspecified atom stereocenters. The topological polar surface area (TPSA) is 53.4 Å². The molecule has 0 aromatic carbocycles. The van der Waals surface area contributed by atoms with Gasteiger partial charge in [0, 0.05) is 24.5 Å². The molecule has 0 aliphatic carbocycles. The van der Waals surface area contributed by atoms with Gasteiger partial charge in [-0.15, -0.1) is 11.3 Å². The zero-order chi connectivity index (χ0) is 12.1. The highest BCUT2D eigenvalue weighted by Gasteiger charge is 2.11. The Labute approximate surface area is 99.9 Å². The summed E-state index contributed by atoms with van der Waals surface area (Å²) in [7, 11) is 1.78. The SMILES string of the molecule is Cc1ncc(CN(C)C(=O)CCC(C)O)s1. The lowest BCUT2D eigenvalue weighted by molar-refractivity contribution is -0.130. The van der Waals surface area contributed by atoms with E-state index < -0.39 is 6.10 Å². The van der Waals surface area contributed by atoms with Crippen molar-refractivity contribution >= 4 is 17.2 Å². The fraction of sp³-hybridized carbons (Fsp3) is 0.636. The maximum absolute atomic E-state index is 11.7. The third kappa shape index (κ3) is 4.28. The summed E-state index contributed by atoms with van der Waals surface area (Å²) in [6, 6.07) is 0. The van der Waals surface area contributed by atoms with Crippen molar-refractivity contribution in [3.05, 3.63) is 16.1 Å². The number of rotatable bonds is 5. The van der Waals surface area contributed by atoms with Gasteiger partial charge in [-0.2, -0.15) is 0 Å². The van der Waals surface area contributed by atoms with Gasteiger partial charge in [-0.25, -0.2) is 4.98 Å². The van der Waals surface area contributed by atoms with Crippen molar-refractivity contribution < 1.29 is 9.90 Å². The second kappa shape index (κ2) is 5.96. The maximum Gasteiger partial charge on any atom is 0.222 e. The fourth-order valence-electron chi connectivity index (χ4n) is 1.32. The quantitative estimate of drug-likeness (QED) is 0.852. The van der Waals surface area contributed by atoms with E-state index in [2.05, 4.69) is 4.98 Å². The molecule has 1 aromatic heterocycles. The minimum absolute atomic E-state index is 0.0620. The standard InChI is InChI=1S/C11H18N2O2S/c1-8(14)4-5-11(15)13(3)7-10-6-12-9(2)16-10/h6,8,14H,4-5,7H2,1-3H3. The van der Waals surface area contributed by atoms with Crippen molar-refractivity contribution in [3.8, 4) is 0 Å². The molecule has 0 bridgehead atoms. The van der Waals surface area contributed by atoms with Gasteiger partial charge in [0.2, 0.25) is 5.91 Å². The Balaban J connectivity index is 2.39. The first kappa shape index (κ1) is 13.1. The Morgan fingerprint density at radius 3 is 2.88 bits per heavy atom. The molecule has 90 valence electrons. The van der Waals surface area contributed by atoms with Gasteiger partial charge in [0.15, 0.2) is 0 Å². The zero-order valence-corrected chi connectivity index (χ0v) is 10.8. The van der Waals surface area contributed by atoms with Gasteiger partial charge >= 0.3 is 0 Å². The van der Waals surface area contributed by atoms with Crippen molar-refractivity contribution in [1.82, 2.24) is 9.88 Å². The van der Waals surface area contributed by atoms with Crippen LogP contribution in [0.4, 0.5) is 0 Å². The number of amides is 1. The van der Waals surface area contributed by atoms with E-state index in [4.69, 9.17) is 5.11 Å². The van der Waals surface area contributed by atoms with Crippen molar-refractivity contribution in [2.45, 2.75) is 39.3 Å². The van der Waals surface area contributed by atoms with E-state index in [-0.39, 0.29) is 5.91 Å². The molecule has 16 heavy (non-hydrogen) atoms. The highest BCUT2D eigenvalue weighted by Crippen LogP contribution is 2.14. The molecule has 0 saturated carbocycles. The lowest BCUT2D eigenvalue weighted by atomic mass is 10.2. The van der Waals surface area contributed by atoms with E-state index in [1.54, 1.807) is 36.4 Å². The Morgan fingerprint density at radius 1 is 1.69 bits per heavy atom. The number of hydrogen-bond acceptors (Lipinski definition) is 4. The van der Waals surface area contributed by atoms with Crippen LogP contribution in [-0.2, 0) is 11.3 Å². The van der Waals surface area contributed by atoms with E-state index >= 15 is 0 Å². The van der Waals surface area contributed by atoms with Crippen molar-refractivity contribution in [1.29, 1.82) is 0 Å². The van der Waals surface area contributed by atoms with Gasteiger partial charge in [-0.05, 0) is 20.3 Å². The van der Waals surface area contributed by atoms with Crippen molar-refractivity contribution in [2.24, 2.45) is 0 Å². The van der Waals surface area contributed by atoms with E-state index in [1.807, 2.05) is 6.92 Å². The normalized spacial score (nSPS) is 12.5. The Morgan fingerprint density at radius 2 is 2.38 bits per heavy atom. The van der Waals surface area contributed by atoms with Gasteiger partial charge in [-0.1, -0.05) is 0 Å². The molecule has 1 atom stereocenters. The Hall–Kier alpha value is -0.940. The molecule has 1 rings (SSSR count). The molecule has 1 aromatic rings. The highest BCUT2D eigenvalue weighted by molar-refractivity contribution is 7.11. The number of aliphatic hydroxyl groups excluding tert-OH is 1. The van der Waals surface area contributed by atoms with Gasteiger partial charge in [0.05, 0.1) is 17.7 Å². The first-order chi connectivity index (χ1) is 7.49. The number of thiazole rings is 1. The number of nitrogens with zero attached hydrogens (tertiary/aromatic N) is 2. The van der Waals surface area contributed by atoms with Gasteiger partial charge < -0.3 is 10.0 Å². The molecule has 4 nitrogen and oxygen atoms in total. The van der Waals surface area contributed by atoms with Crippen LogP contribution in [0.3, 0.4) is 0 Å². The number of aryl methyl sites for hydroxylation is 1. The summed E-state index contributed by atoms with van der Waals surface area (Å²) in [5.41, 5.74) is 0. The molecule has 0 aliphatic rings. The average molecular weight is 242 g/mol. The van der Waals surface area contributed by atoms with Crippen LogP contribution in [0.25, 0.3) is 0 Å². The molecule has 1 heterocycles. The predicted octanol–water partition coefficient (Wildman–Crippen LogP) is 1.57. The molecular weight excluding hydrogens is 224 g/mol. The third-order valence-corrected chi connectivity index (χ3v) is 3.16. The van der Waals surface area contributed by atoms with Crippen LogP contribution in [0, 0.1) is 6.92 Å². The predicted molar refractivity (Wildman–Crippen MR) is 64.2 cm³/mol. The average Bonchev–Trinajstić information content (AvgIpc) is 2.60. The van der Waals surface area contributed by atoms with Crippen LogP contribution in [0.15, 0.2) is 6.20 Å². The van der Waals surface area contributed by atoms with Crippen molar-refractivity contribution in [3.63, 3.8) is 0 Å². The second-order valence-corrected chi connectivity index (χ2v) is 5.30. The number of carbonyl (C=O) groups is 1. The van der Waals surface area contributed by atoms with Gasteiger partial charge in [0.1, 0.15) is 0 Å². The van der Waals surface area contributed by atoms with E-state index in [0.29, 0.717) is 19.4 Å². The molecule has 0 fully saturated rings. The molecule has 0 radical (unpaired) electrons. The van der Waals surface area contributed by atoms with Crippen LogP contribution >= 0.6 is 11.3 Å². The number of carbonyl (C=O) groups excluding carboxylic acids is 1. The molecule has 0 spiro atoms. The first-order valence-electron chi connectivity index (χ1n) is 5.32. The van der Waals surface area contributed by atoms with Crippen LogP contribution in [0.1, 0.15) is 29.7 Å². The van der Waals surface area contributed by atoms with Crippen LogP contribution in [-0.4, -0.2) is 34.0 Å². The maximum atomic E-state index is 11.7. The largest absolute Gasteiger partial charge is 0.393 e. The van der Waals surface area contributed by atoms with Gasteiger partial charge in [0.25, 0.3) is 0 Å². The monoisotopic (exact) mass is 242 g/mol. The van der Waals surface area contributed by atoms with E-state index in [9.17, 15) is 4.79 Å². The van der Waals surface area contributed by atoms with Crippen molar-refractivity contribution in [2.75, 3.05) is 7.05 Å². The van der Waals surface area contributed by atoms with Gasteiger partial charge in [-0.3, -0.25) is 4.79 Å². The first-order valence-corrected chi connectivity index (χ1v) is 6.14. The number of aliphatic hydroxyl groups is 1. The molecule has 0 saturated heterocycles. The Bertz CT molecular complexity index is 350. The molecule has 1 N–H and O–H groups in total. The summed E-state index contributed by atoms with van der Waals surface area (Å²) in [6.07, 6.45) is 2.30. The van der Waals surface area contributed by atoms with Crippen LogP contribution < -0.4 is 0 Å². The summed E-state index contributed by atoms with van der Waals surface area (Å²) in [4.78, 5) is 18.6. The summed E-state index contributed by atoms with van der Waals surface area (Å²) < 4.78 is 0. The summed E-state index contributed by atoms with van der Waals surface area (Å²) in [5.74, 6) is 0.0620. The second-order valence-electron chi connectivity index (χ2n) is 3.98. The third-order valence-electron chi connectivity index (χ3n) is 2.26. The molecule has 1 amide bonds. The molecular formula is C11H18N2O2S. The summed E-state index contributed by atoms with van der Waals surface area (Å²) in [5, 5.41) is 10.1. The molecule has 5 heteroatoms. The molecule has 0 aliphatic heterocycles. The lowest BCUT2D eigenvalue weighted by Crippen LogP contribution is -2.26. The number of aromatic nitrogens is 1. The minimum Gasteiger partial charge on any atom is -0.393 e. The summed E-state index contributed by atoms with van der Waals surface area (Å²) >= 11 is 1.60. The highest BCUT2D eigenvalue weighted by atomic mass is 32.1. The number of hydrogen-bond donors (Lipinski definition) is 1. The minimum atomic E-state index is -0.414. The Kier molecular flexibility index (Phi) is 4.89.